The van der Waals surface area contributed by atoms with Crippen LogP contribution in [0.4, 0.5) is 5.69 Å². The second-order valence-electron chi connectivity index (χ2n) is 7.27. The Hall–Kier alpha value is -1.80. The molecule has 0 aliphatic heterocycles. The zero-order valence-corrected chi connectivity index (χ0v) is 18.8. The summed E-state index contributed by atoms with van der Waals surface area (Å²) in [5.74, 6) is 0.340. The van der Waals surface area contributed by atoms with E-state index in [1.807, 2.05) is 26.0 Å². The van der Waals surface area contributed by atoms with Gasteiger partial charge in [-0.2, -0.15) is 8.42 Å². The zero-order chi connectivity index (χ0) is 21.4. The number of methoxy groups -OCH3 is 1. The molecule has 29 heavy (non-hydrogen) atoms. The molecule has 0 heterocycles. The first-order valence-corrected chi connectivity index (χ1v) is 12.0. The summed E-state index contributed by atoms with van der Waals surface area (Å²) >= 11 is 0. The van der Waals surface area contributed by atoms with Gasteiger partial charge < -0.3 is 18.7 Å². The van der Waals surface area contributed by atoms with Crippen molar-refractivity contribution in [3.8, 4) is 5.75 Å². The summed E-state index contributed by atoms with van der Waals surface area (Å²) in [7, 11) is -2.08. The molecule has 164 valence electrons. The molecule has 0 atom stereocenters. The van der Waals surface area contributed by atoms with E-state index in [2.05, 4.69) is 4.90 Å². The molecule has 7 nitrogen and oxygen atoms in total. The molecule has 0 unspecified atom stereocenters. The Morgan fingerprint density at radius 2 is 1.86 bits per heavy atom. The van der Waals surface area contributed by atoms with Crippen LogP contribution in [0, 0.1) is 5.92 Å². The SMILES string of the molecule is CCN(CC)c1ccc(CN(CCOC)C(=O)C2CCC2)c(OS(=O)(=O)CC)c1. The number of nitrogens with zero attached hydrogens (tertiary/aromatic N) is 2. The molecule has 0 N–H and O–H groups in total. The molecular formula is C21H34N2O5S. The van der Waals surface area contributed by atoms with Gasteiger partial charge in [-0.05, 0) is 39.7 Å². The molecule has 1 fully saturated rings. The van der Waals surface area contributed by atoms with Crippen LogP contribution in [-0.2, 0) is 26.2 Å². The van der Waals surface area contributed by atoms with Crippen LogP contribution in [0.3, 0.4) is 0 Å². The van der Waals surface area contributed by atoms with Gasteiger partial charge in [0.05, 0.1) is 12.4 Å². The van der Waals surface area contributed by atoms with E-state index in [4.69, 9.17) is 8.92 Å². The highest BCUT2D eigenvalue weighted by Crippen LogP contribution is 2.31. The Morgan fingerprint density at radius 3 is 2.38 bits per heavy atom. The zero-order valence-electron chi connectivity index (χ0n) is 18.0. The normalized spacial score (nSPS) is 14.3. The van der Waals surface area contributed by atoms with Gasteiger partial charge in [-0.3, -0.25) is 4.79 Å². The van der Waals surface area contributed by atoms with E-state index in [0.717, 1.165) is 38.0 Å². The van der Waals surface area contributed by atoms with Crippen LogP contribution in [0.5, 0.6) is 5.75 Å². The number of carbonyl (C=O) groups is 1. The van der Waals surface area contributed by atoms with Gasteiger partial charge in [-0.1, -0.05) is 12.5 Å². The second kappa shape index (κ2) is 10.8. The first-order valence-electron chi connectivity index (χ1n) is 10.4. The number of carbonyl (C=O) groups excluding carboxylic acids is 1. The highest BCUT2D eigenvalue weighted by molar-refractivity contribution is 7.87. The minimum Gasteiger partial charge on any atom is -0.383 e. The Bertz CT molecular complexity index is 773. The van der Waals surface area contributed by atoms with Crippen molar-refractivity contribution in [2.45, 2.75) is 46.6 Å². The highest BCUT2D eigenvalue weighted by atomic mass is 32.2. The minimum atomic E-state index is -3.68. The maximum atomic E-state index is 12.9. The van der Waals surface area contributed by atoms with E-state index in [9.17, 15) is 13.2 Å². The molecule has 1 saturated carbocycles. The summed E-state index contributed by atoms with van der Waals surface area (Å²) in [5.41, 5.74) is 1.58. The number of anilines is 1. The van der Waals surface area contributed by atoms with Gasteiger partial charge in [0.1, 0.15) is 5.75 Å². The van der Waals surface area contributed by atoms with Crippen LogP contribution in [0.25, 0.3) is 0 Å². The first-order chi connectivity index (χ1) is 13.8. The maximum absolute atomic E-state index is 12.9. The molecule has 1 aromatic carbocycles. The highest BCUT2D eigenvalue weighted by Gasteiger charge is 2.30. The summed E-state index contributed by atoms with van der Waals surface area (Å²) in [6.07, 6.45) is 2.91. The summed E-state index contributed by atoms with van der Waals surface area (Å²) in [6, 6.07) is 5.58. The third-order valence-electron chi connectivity index (χ3n) is 5.44. The lowest BCUT2D eigenvalue weighted by atomic mass is 9.84. The lowest BCUT2D eigenvalue weighted by Gasteiger charge is -2.32. The van der Waals surface area contributed by atoms with Crippen molar-refractivity contribution >= 4 is 21.7 Å². The van der Waals surface area contributed by atoms with Crippen molar-refractivity contribution in [1.82, 2.24) is 4.90 Å². The van der Waals surface area contributed by atoms with E-state index in [1.165, 1.54) is 0 Å². The summed E-state index contributed by atoms with van der Waals surface area (Å²) in [4.78, 5) is 16.7. The Morgan fingerprint density at radius 1 is 1.17 bits per heavy atom. The lowest BCUT2D eigenvalue weighted by Crippen LogP contribution is -2.40. The fraction of sp³-hybridized carbons (Fsp3) is 0.667. The molecule has 1 aromatic rings. The van der Waals surface area contributed by atoms with Crippen LogP contribution in [0.2, 0.25) is 0 Å². The van der Waals surface area contributed by atoms with E-state index in [1.54, 1.807) is 25.0 Å². The summed E-state index contributed by atoms with van der Waals surface area (Å²) in [6.45, 7) is 8.43. The van der Waals surface area contributed by atoms with Crippen LogP contribution in [0.15, 0.2) is 18.2 Å². The average molecular weight is 427 g/mol. The standard InChI is InChI=1S/C21H34N2O5S/c1-5-22(6-2)19-12-11-18(20(15-19)28-29(25,26)7-3)16-23(13-14-27-4)21(24)17-9-8-10-17/h11-12,15,17H,5-10,13-14,16H2,1-4H3. The predicted octanol–water partition coefficient (Wildman–Crippen LogP) is 3.04. The maximum Gasteiger partial charge on any atom is 0.308 e. The summed E-state index contributed by atoms with van der Waals surface area (Å²) < 4.78 is 34.9. The predicted molar refractivity (Wildman–Crippen MR) is 115 cm³/mol. The molecule has 0 aromatic heterocycles. The summed E-state index contributed by atoms with van der Waals surface area (Å²) in [5, 5.41) is 0. The quantitative estimate of drug-likeness (QED) is 0.478. The van der Waals surface area contributed by atoms with E-state index < -0.39 is 10.1 Å². The number of benzene rings is 1. The smallest absolute Gasteiger partial charge is 0.308 e. The molecule has 8 heteroatoms. The van der Waals surface area contributed by atoms with Gasteiger partial charge in [0.15, 0.2) is 0 Å². The van der Waals surface area contributed by atoms with Crippen LogP contribution >= 0.6 is 0 Å². The lowest BCUT2D eigenvalue weighted by molar-refractivity contribution is -0.139. The first kappa shape index (κ1) is 23.5. The Labute approximate surface area is 175 Å². The second-order valence-corrected chi connectivity index (χ2v) is 9.13. The molecule has 1 aliphatic rings. The van der Waals surface area contributed by atoms with Crippen molar-refractivity contribution in [3.05, 3.63) is 23.8 Å². The van der Waals surface area contributed by atoms with Crippen LogP contribution in [0.1, 0.15) is 45.6 Å². The molecule has 0 spiro atoms. The van der Waals surface area contributed by atoms with Crippen molar-refractivity contribution < 1.29 is 22.1 Å². The fourth-order valence-electron chi connectivity index (χ4n) is 3.32. The van der Waals surface area contributed by atoms with Gasteiger partial charge in [0, 0.05) is 56.5 Å². The molecule has 1 aliphatic carbocycles. The van der Waals surface area contributed by atoms with E-state index >= 15 is 0 Å². The minimum absolute atomic E-state index is 0.0607. The van der Waals surface area contributed by atoms with Gasteiger partial charge in [-0.25, -0.2) is 0 Å². The number of amides is 1. The van der Waals surface area contributed by atoms with Crippen molar-refractivity contribution in [2.75, 3.05) is 44.0 Å². The van der Waals surface area contributed by atoms with Crippen molar-refractivity contribution in [1.29, 1.82) is 0 Å². The van der Waals surface area contributed by atoms with Gasteiger partial charge in [0.25, 0.3) is 0 Å². The number of ether oxygens (including phenoxy) is 1. The fourth-order valence-corrected chi connectivity index (χ4v) is 3.87. The topological polar surface area (TPSA) is 76.2 Å². The van der Waals surface area contributed by atoms with Gasteiger partial charge >= 0.3 is 10.1 Å². The third kappa shape index (κ3) is 6.34. The van der Waals surface area contributed by atoms with Crippen LogP contribution in [-0.4, -0.2) is 58.3 Å². The Balaban J connectivity index is 2.34. The molecule has 1 amide bonds. The van der Waals surface area contributed by atoms with E-state index in [0.29, 0.717) is 31.0 Å². The Kier molecular flexibility index (Phi) is 8.77. The van der Waals surface area contributed by atoms with Gasteiger partial charge in [0.2, 0.25) is 5.91 Å². The molecule has 2 rings (SSSR count). The molecule has 0 bridgehead atoms. The largest absolute Gasteiger partial charge is 0.383 e. The number of rotatable bonds is 12. The van der Waals surface area contributed by atoms with Crippen molar-refractivity contribution in [2.24, 2.45) is 5.92 Å². The van der Waals surface area contributed by atoms with E-state index in [-0.39, 0.29) is 17.6 Å². The third-order valence-corrected chi connectivity index (χ3v) is 6.58. The van der Waals surface area contributed by atoms with Crippen LogP contribution < -0.4 is 9.08 Å². The van der Waals surface area contributed by atoms with Gasteiger partial charge in [-0.15, -0.1) is 0 Å². The molecule has 0 saturated heterocycles. The molecular weight excluding hydrogens is 392 g/mol. The monoisotopic (exact) mass is 426 g/mol. The van der Waals surface area contributed by atoms with Crippen molar-refractivity contribution in [3.63, 3.8) is 0 Å². The number of hydrogen-bond donors (Lipinski definition) is 0. The average Bonchev–Trinajstić information content (AvgIpc) is 2.65. The molecule has 0 radical (unpaired) electrons. The number of hydrogen-bond acceptors (Lipinski definition) is 6.